The quantitative estimate of drug-likeness (QED) is 0.737. The number of rotatable bonds is 4. The summed E-state index contributed by atoms with van der Waals surface area (Å²) in [5, 5.41) is 4.91. The van der Waals surface area contributed by atoms with Gasteiger partial charge in [-0.1, -0.05) is 41.7 Å². The lowest BCUT2D eigenvalue weighted by Gasteiger charge is -2.10. The molecule has 0 saturated heterocycles. The number of amides is 1. The van der Waals surface area contributed by atoms with Crippen molar-refractivity contribution in [3.8, 4) is 5.75 Å². The van der Waals surface area contributed by atoms with Crippen LogP contribution in [0.15, 0.2) is 45.8 Å². The van der Waals surface area contributed by atoms with E-state index in [1.165, 1.54) is 11.8 Å². The van der Waals surface area contributed by atoms with Crippen molar-refractivity contribution in [2.24, 2.45) is 4.99 Å². The lowest BCUT2D eigenvalue weighted by molar-refractivity contribution is -0.113. The summed E-state index contributed by atoms with van der Waals surface area (Å²) in [6.07, 6.45) is 0. The van der Waals surface area contributed by atoms with Gasteiger partial charge in [0.2, 0.25) is 5.91 Å². The summed E-state index contributed by atoms with van der Waals surface area (Å²) >= 11 is 3.16. The number of anilines is 1. The summed E-state index contributed by atoms with van der Waals surface area (Å²) in [6.45, 7) is 0.838. The lowest BCUT2D eigenvalue weighted by atomic mass is 10.1. The number of furan rings is 1. The highest BCUT2D eigenvalue weighted by molar-refractivity contribution is 8.39. The van der Waals surface area contributed by atoms with E-state index in [2.05, 4.69) is 10.3 Å². The Bertz CT molecular complexity index is 981. The van der Waals surface area contributed by atoms with Crippen molar-refractivity contribution in [3.05, 3.63) is 36.4 Å². The van der Waals surface area contributed by atoms with Crippen LogP contribution in [0.3, 0.4) is 0 Å². The molecular formula is C18H16N2O3S2. The fourth-order valence-corrected chi connectivity index (χ4v) is 4.54. The predicted octanol–water partition coefficient (Wildman–Crippen LogP) is 4.37. The Morgan fingerprint density at radius 2 is 2.20 bits per heavy atom. The van der Waals surface area contributed by atoms with Crippen molar-refractivity contribution in [1.29, 1.82) is 0 Å². The molecule has 7 heteroatoms. The molecule has 1 aromatic heterocycles. The zero-order chi connectivity index (χ0) is 17.2. The number of methoxy groups -OCH3 is 1. The second-order valence-electron chi connectivity index (χ2n) is 5.48. The van der Waals surface area contributed by atoms with Gasteiger partial charge in [0.15, 0.2) is 0 Å². The number of ether oxygens (including phenoxy) is 1. The first-order valence-electron chi connectivity index (χ1n) is 7.84. The molecule has 0 atom stereocenters. The van der Waals surface area contributed by atoms with Crippen LogP contribution in [-0.4, -0.2) is 35.4 Å². The molecule has 1 amide bonds. The SMILES string of the molecule is COc1cc2c(cc1NC(=O)CSC1=NCCS1)oc1ccccc12. The molecule has 3 aromatic rings. The molecule has 0 unspecified atom stereocenters. The van der Waals surface area contributed by atoms with Crippen LogP contribution in [0.4, 0.5) is 5.69 Å². The second kappa shape index (κ2) is 7.01. The Balaban J connectivity index is 1.59. The molecule has 5 nitrogen and oxygen atoms in total. The number of nitrogens with one attached hydrogen (secondary N) is 1. The van der Waals surface area contributed by atoms with E-state index >= 15 is 0 Å². The number of para-hydroxylation sites is 1. The van der Waals surface area contributed by atoms with Crippen LogP contribution >= 0.6 is 23.5 Å². The maximum absolute atomic E-state index is 12.3. The molecule has 4 rings (SSSR count). The fraction of sp³-hybridized carbons (Fsp3) is 0.222. The van der Waals surface area contributed by atoms with Crippen LogP contribution in [0.1, 0.15) is 0 Å². The molecule has 2 aromatic carbocycles. The molecule has 0 fully saturated rings. The van der Waals surface area contributed by atoms with Crippen molar-refractivity contribution in [1.82, 2.24) is 0 Å². The zero-order valence-electron chi connectivity index (χ0n) is 13.6. The van der Waals surface area contributed by atoms with Crippen molar-refractivity contribution >= 4 is 61.4 Å². The minimum atomic E-state index is -0.0889. The number of carbonyl (C=O) groups is 1. The standard InChI is InChI=1S/C18H16N2O3S2/c1-22-16-8-12-11-4-2-3-5-14(11)23-15(12)9-13(16)20-17(21)10-25-18-19-6-7-24-18/h2-5,8-9H,6-7,10H2,1H3,(H,20,21). The normalized spacial score (nSPS) is 14.0. The molecule has 0 radical (unpaired) electrons. The predicted molar refractivity (Wildman–Crippen MR) is 106 cm³/mol. The van der Waals surface area contributed by atoms with Crippen LogP contribution < -0.4 is 10.1 Å². The van der Waals surface area contributed by atoms with Crippen LogP contribution in [0, 0.1) is 0 Å². The maximum Gasteiger partial charge on any atom is 0.234 e. The Hall–Kier alpha value is -2.12. The number of fused-ring (bicyclic) bond motifs is 3. The number of nitrogens with zero attached hydrogens (tertiary/aromatic N) is 1. The summed E-state index contributed by atoms with van der Waals surface area (Å²) in [4.78, 5) is 16.6. The molecule has 0 saturated carbocycles. The lowest BCUT2D eigenvalue weighted by Crippen LogP contribution is -2.15. The molecule has 0 spiro atoms. The zero-order valence-corrected chi connectivity index (χ0v) is 15.2. The van der Waals surface area contributed by atoms with Gasteiger partial charge in [-0.05, 0) is 12.1 Å². The van der Waals surface area contributed by atoms with Gasteiger partial charge in [0.1, 0.15) is 21.3 Å². The summed E-state index contributed by atoms with van der Waals surface area (Å²) < 4.78 is 12.3. The average molecular weight is 372 g/mol. The van der Waals surface area contributed by atoms with Gasteiger partial charge in [0.25, 0.3) is 0 Å². The van der Waals surface area contributed by atoms with Gasteiger partial charge < -0.3 is 14.5 Å². The molecule has 1 aliphatic heterocycles. The first-order valence-corrected chi connectivity index (χ1v) is 9.81. The van der Waals surface area contributed by atoms with Crippen molar-refractivity contribution in [2.45, 2.75) is 0 Å². The maximum atomic E-state index is 12.3. The third kappa shape index (κ3) is 3.34. The number of hydrogen-bond donors (Lipinski definition) is 1. The van der Waals surface area contributed by atoms with E-state index in [1.807, 2.05) is 36.4 Å². The molecule has 1 aliphatic rings. The summed E-state index contributed by atoms with van der Waals surface area (Å²) in [5.74, 6) is 1.85. The Labute approximate surface area is 153 Å². The topological polar surface area (TPSA) is 63.8 Å². The van der Waals surface area contributed by atoms with Gasteiger partial charge >= 0.3 is 0 Å². The summed E-state index contributed by atoms with van der Waals surface area (Å²) in [5.41, 5.74) is 2.15. The van der Waals surface area contributed by atoms with Crippen LogP contribution in [-0.2, 0) is 4.79 Å². The molecule has 128 valence electrons. The van der Waals surface area contributed by atoms with E-state index in [4.69, 9.17) is 9.15 Å². The van der Waals surface area contributed by atoms with Gasteiger partial charge in [-0.25, -0.2) is 0 Å². The highest BCUT2D eigenvalue weighted by Gasteiger charge is 2.15. The molecule has 25 heavy (non-hydrogen) atoms. The van der Waals surface area contributed by atoms with Gasteiger partial charge in [-0.15, -0.1) is 0 Å². The average Bonchev–Trinajstić information content (AvgIpc) is 3.26. The minimum Gasteiger partial charge on any atom is -0.495 e. The highest BCUT2D eigenvalue weighted by Crippen LogP contribution is 2.36. The fourth-order valence-electron chi connectivity index (χ4n) is 2.73. The molecular weight excluding hydrogens is 356 g/mol. The van der Waals surface area contributed by atoms with Gasteiger partial charge in [-0.3, -0.25) is 9.79 Å². The Morgan fingerprint density at radius 1 is 1.32 bits per heavy atom. The van der Waals surface area contributed by atoms with Crippen molar-refractivity contribution < 1.29 is 13.9 Å². The van der Waals surface area contributed by atoms with E-state index in [1.54, 1.807) is 18.9 Å². The number of thioether (sulfide) groups is 2. The third-order valence-corrected chi connectivity index (χ3v) is 6.11. The minimum absolute atomic E-state index is 0.0889. The molecule has 0 bridgehead atoms. The molecule has 1 N–H and O–H groups in total. The second-order valence-corrected chi connectivity index (χ2v) is 7.79. The van der Waals surface area contributed by atoms with E-state index in [0.29, 0.717) is 17.2 Å². The Kier molecular flexibility index (Phi) is 4.59. The van der Waals surface area contributed by atoms with E-state index < -0.39 is 0 Å². The summed E-state index contributed by atoms with van der Waals surface area (Å²) in [6, 6.07) is 11.6. The third-order valence-electron chi connectivity index (χ3n) is 3.86. The van der Waals surface area contributed by atoms with Gasteiger partial charge in [0, 0.05) is 22.6 Å². The van der Waals surface area contributed by atoms with Crippen LogP contribution in [0.5, 0.6) is 5.75 Å². The molecule has 2 heterocycles. The first-order chi connectivity index (χ1) is 12.2. The van der Waals surface area contributed by atoms with Gasteiger partial charge in [-0.2, -0.15) is 0 Å². The number of hydrogen-bond acceptors (Lipinski definition) is 6. The monoisotopic (exact) mass is 372 g/mol. The largest absolute Gasteiger partial charge is 0.495 e. The Morgan fingerprint density at radius 3 is 3.00 bits per heavy atom. The molecule has 0 aliphatic carbocycles. The number of aliphatic imine (C=N–C) groups is 1. The van der Waals surface area contributed by atoms with Crippen molar-refractivity contribution in [3.63, 3.8) is 0 Å². The number of carbonyl (C=O) groups excluding carboxylic acids is 1. The van der Waals surface area contributed by atoms with Crippen molar-refractivity contribution in [2.75, 3.05) is 30.5 Å². The first kappa shape index (κ1) is 16.4. The smallest absolute Gasteiger partial charge is 0.234 e. The van der Waals surface area contributed by atoms with E-state index in [-0.39, 0.29) is 5.91 Å². The summed E-state index contributed by atoms with van der Waals surface area (Å²) in [7, 11) is 1.59. The van der Waals surface area contributed by atoms with Crippen LogP contribution in [0.25, 0.3) is 21.9 Å². The van der Waals surface area contributed by atoms with Gasteiger partial charge in [0.05, 0.1) is 25.1 Å². The van der Waals surface area contributed by atoms with E-state index in [9.17, 15) is 4.79 Å². The van der Waals surface area contributed by atoms with E-state index in [0.717, 1.165) is 38.6 Å². The number of benzene rings is 2. The van der Waals surface area contributed by atoms with Crippen LogP contribution in [0.2, 0.25) is 0 Å². The highest BCUT2D eigenvalue weighted by atomic mass is 32.2.